The number of aromatic amines is 1. The molecule has 0 aliphatic heterocycles. The molecule has 0 aliphatic carbocycles. The number of fused-ring (bicyclic) bond motifs is 1. The Kier molecular flexibility index (Phi) is 4.94. The molecule has 8 nitrogen and oxygen atoms in total. The Morgan fingerprint density at radius 1 is 1.10 bits per heavy atom. The SMILES string of the molecule is NS(=O)(=O)c1ccc(-n2ncc3c(=O)[nH]c(SCc4ccc(F)cc4)nc32)cc1. The fourth-order valence-electron chi connectivity index (χ4n) is 2.66. The maximum atomic E-state index is 13.0. The van der Waals surface area contributed by atoms with Crippen molar-refractivity contribution in [1.82, 2.24) is 19.7 Å². The van der Waals surface area contributed by atoms with Gasteiger partial charge in [0, 0.05) is 5.75 Å². The number of benzene rings is 2. The molecule has 0 aliphatic rings. The Bertz CT molecular complexity index is 1350. The Morgan fingerprint density at radius 2 is 1.79 bits per heavy atom. The van der Waals surface area contributed by atoms with Gasteiger partial charge in [-0.1, -0.05) is 23.9 Å². The number of halogens is 1. The number of nitrogens with zero attached hydrogens (tertiary/aromatic N) is 3. The van der Waals surface area contributed by atoms with Gasteiger partial charge in [-0.15, -0.1) is 0 Å². The van der Waals surface area contributed by atoms with Crippen LogP contribution >= 0.6 is 11.8 Å². The zero-order chi connectivity index (χ0) is 20.6. The lowest BCUT2D eigenvalue weighted by molar-refractivity contribution is 0.597. The average Bonchev–Trinajstić information content (AvgIpc) is 3.11. The number of nitrogens with one attached hydrogen (secondary N) is 1. The van der Waals surface area contributed by atoms with Crippen molar-refractivity contribution in [2.75, 3.05) is 0 Å². The van der Waals surface area contributed by atoms with Crippen molar-refractivity contribution in [3.8, 4) is 5.69 Å². The standard InChI is InChI=1S/C18H14FN5O3S2/c19-12-3-1-11(2-4-12)10-28-18-22-16-15(17(25)23-18)9-21-24(16)13-5-7-14(8-6-13)29(20,26)27/h1-9H,10H2,(H2,20,26,27)(H,22,23,25). The number of sulfonamides is 1. The number of nitrogens with two attached hydrogens (primary N) is 1. The van der Waals surface area contributed by atoms with Crippen molar-refractivity contribution in [2.45, 2.75) is 15.8 Å². The van der Waals surface area contributed by atoms with E-state index in [-0.39, 0.29) is 16.3 Å². The normalized spacial score (nSPS) is 11.8. The molecule has 0 saturated heterocycles. The summed E-state index contributed by atoms with van der Waals surface area (Å²) in [6.07, 6.45) is 1.39. The highest BCUT2D eigenvalue weighted by Crippen LogP contribution is 2.22. The highest BCUT2D eigenvalue weighted by Gasteiger charge is 2.13. The summed E-state index contributed by atoms with van der Waals surface area (Å²) in [5, 5.41) is 9.99. The fraction of sp³-hybridized carbons (Fsp3) is 0.0556. The molecule has 3 N–H and O–H groups in total. The first-order chi connectivity index (χ1) is 13.8. The molecule has 4 aromatic rings. The average molecular weight is 431 g/mol. The van der Waals surface area contributed by atoms with E-state index < -0.39 is 10.0 Å². The van der Waals surface area contributed by atoms with Crippen molar-refractivity contribution in [1.29, 1.82) is 0 Å². The highest BCUT2D eigenvalue weighted by atomic mass is 32.2. The van der Waals surface area contributed by atoms with Gasteiger partial charge in [0.15, 0.2) is 10.8 Å². The minimum Gasteiger partial charge on any atom is -0.301 e. The van der Waals surface area contributed by atoms with Gasteiger partial charge in [-0.25, -0.2) is 27.6 Å². The maximum absolute atomic E-state index is 13.0. The minimum absolute atomic E-state index is 0.0286. The number of H-pyrrole nitrogens is 1. The number of hydrogen-bond donors (Lipinski definition) is 2. The third kappa shape index (κ3) is 4.06. The van der Waals surface area contributed by atoms with Crippen LogP contribution in [0, 0.1) is 5.82 Å². The Morgan fingerprint density at radius 3 is 2.45 bits per heavy atom. The monoisotopic (exact) mass is 431 g/mol. The van der Waals surface area contributed by atoms with Crippen molar-refractivity contribution in [3.63, 3.8) is 0 Å². The van der Waals surface area contributed by atoms with Gasteiger partial charge >= 0.3 is 0 Å². The second kappa shape index (κ2) is 7.43. The van der Waals surface area contributed by atoms with Gasteiger partial charge in [-0.3, -0.25) is 4.79 Å². The molecule has 0 fully saturated rings. The number of rotatable bonds is 5. The van der Waals surface area contributed by atoms with E-state index in [1.807, 2.05) is 0 Å². The molecule has 11 heteroatoms. The lowest BCUT2D eigenvalue weighted by Gasteiger charge is -2.06. The third-order valence-corrected chi connectivity index (χ3v) is 5.99. The summed E-state index contributed by atoms with van der Waals surface area (Å²) in [5.74, 6) is 0.176. The molecule has 0 atom stereocenters. The summed E-state index contributed by atoms with van der Waals surface area (Å²) in [4.78, 5) is 19.5. The predicted octanol–water partition coefficient (Wildman–Crippen LogP) is 2.19. The van der Waals surface area contributed by atoms with E-state index in [4.69, 9.17) is 5.14 Å². The van der Waals surface area contributed by atoms with E-state index in [2.05, 4.69) is 15.1 Å². The number of primary sulfonamides is 1. The van der Waals surface area contributed by atoms with Crippen molar-refractivity contribution < 1.29 is 12.8 Å². The number of aromatic nitrogens is 4. The van der Waals surface area contributed by atoms with E-state index in [1.165, 1.54) is 59.0 Å². The van der Waals surface area contributed by atoms with Gasteiger partial charge in [-0.05, 0) is 42.0 Å². The molecular weight excluding hydrogens is 417 g/mol. The number of hydrogen-bond acceptors (Lipinski definition) is 6. The molecule has 0 saturated carbocycles. The number of thioether (sulfide) groups is 1. The Balaban J connectivity index is 1.67. The molecule has 0 unspecified atom stereocenters. The molecule has 4 rings (SSSR count). The molecule has 29 heavy (non-hydrogen) atoms. The Hall–Kier alpha value is -3.02. The van der Waals surface area contributed by atoms with Crippen molar-refractivity contribution >= 4 is 32.8 Å². The zero-order valence-corrected chi connectivity index (χ0v) is 16.4. The summed E-state index contributed by atoms with van der Waals surface area (Å²) in [6, 6.07) is 11.8. The molecule has 2 heterocycles. The first kappa shape index (κ1) is 19.3. The summed E-state index contributed by atoms with van der Waals surface area (Å²) in [7, 11) is -3.81. The summed E-state index contributed by atoms with van der Waals surface area (Å²) in [5.41, 5.74) is 1.40. The second-order valence-electron chi connectivity index (χ2n) is 6.12. The second-order valence-corrected chi connectivity index (χ2v) is 8.64. The highest BCUT2D eigenvalue weighted by molar-refractivity contribution is 7.98. The van der Waals surface area contributed by atoms with E-state index in [0.29, 0.717) is 27.6 Å². The van der Waals surface area contributed by atoms with Crippen LogP contribution in [0.3, 0.4) is 0 Å². The molecule has 2 aromatic carbocycles. The van der Waals surface area contributed by atoms with Crippen LogP contribution in [0.1, 0.15) is 5.56 Å². The van der Waals surface area contributed by atoms with Gasteiger partial charge in [0.1, 0.15) is 11.2 Å². The molecule has 0 radical (unpaired) electrons. The van der Waals surface area contributed by atoms with Crippen molar-refractivity contribution in [2.24, 2.45) is 5.14 Å². The molecule has 0 spiro atoms. The Labute approximate surface area is 168 Å². The van der Waals surface area contributed by atoms with Crippen LogP contribution in [0.2, 0.25) is 0 Å². The van der Waals surface area contributed by atoms with E-state index >= 15 is 0 Å². The molecule has 0 amide bonds. The van der Waals surface area contributed by atoms with Gasteiger partial charge in [0.2, 0.25) is 10.0 Å². The van der Waals surface area contributed by atoms with Crippen molar-refractivity contribution in [3.05, 3.63) is 76.5 Å². The molecule has 0 bridgehead atoms. The lowest BCUT2D eigenvalue weighted by Crippen LogP contribution is -2.12. The smallest absolute Gasteiger partial charge is 0.262 e. The first-order valence-electron chi connectivity index (χ1n) is 8.30. The van der Waals surface area contributed by atoms with Crippen LogP contribution < -0.4 is 10.7 Å². The molecule has 148 valence electrons. The lowest BCUT2D eigenvalue weighted by atomic mass is 10.2. The van der Waals surface area contributed by atoms with Gasteiger partial charge in [0.25, 0.3) is 5.56 Å². The summed E-state index contributed by atoms with van der Waals surface area (Å²) < 4.78 is 37.3. The third-order valence-electron chi connectivity index (χ3n) is 4.12. The quantitative estimate of drug-likeness (QED) is 0.369. The van der Waals surface area contributed by atoms with Crippen LogP contribution in [0.4, 0.5) is 4.39 Å². The van der Waals surface area contributed by atoms with Gasteiger partial charge < -0.3 is 4.98 Å². The zero-order valence-electron chi connectivity index (χ0n) is 14.7. The van der Waals surface area contributed by atoms with Gasteiger partial charge in [-0.2, -0.15) is 5.10 Å². The largest absolute Gasteiger partial charge is 0.301 e. The minimum atomic E-state index is -3.81. The molecular formula is C18H14FN5O3S2. The van der Waals surface area contributed by atoms with E-state index in [9.17, 15) is 17.6 Å². The van der Waals surface area contributed by atoms with E-state index in [0.717, 1.165) is 5.56 Å². The summed E-state index contributed by atoms with van der Waals surface area (Å²) >= 11 is 1.30. The predicted molar refractivity (Wildman–Crippen MR) is 107 cm³/mol. The van der Waals surface area contributed by atoms with Crippen LogP contribution in [0.15, 0.2) is 69.6 Å². The van der Waals surface area contributed by atoms with Crippen LogP contribution in [0.25, 0.3) is 16.7 Å². The summed E-state index contributed by atoms with van der Waals surface area (Å²) in [6.45, 7) is 0. The van der Waals surface area contributed by atoms with Crippen LogP contribution in [-0.2, 0) is 15.8 Å². The molecule has 2 aromatic heterocycles. The topological polar surface area (TPSA) is 124 Å². The van der Waals surface area contributed by atoms with Crippen LogP contribution in [0.5, 0.6) is 0 Å². The first-order valence-corrected chi connectivity index (χ1v) is 10.8. The maximum Gasteiger partial charge on any atom is 0.262 e. The fourth-order valence-corrected chi connectivity index (χ4v) is 3.99. The van der Waals surface area contributed by atoms with E-state index in [1.54, 1.807) is 12.1 Å². The van der Waals surface area contributed by atoms with Gasteiger partial charge in [0.05, 0.1) is 16.8 Å². The van der Waals surface area contributed by atoms with Crippen LogP contribution in [-0.4, -0.2) is 28.2 Å².